The third-order valence-electron chi connectivity index (χ3n) is 4.75. The van der Waals surface area contributed by atoms with Crippen molar-refractivity contribution in [1.82, 2.24) is 10.2 Å². The van der Waals surface area contributed by atoms with Gasteiger partial charge in [0.15, 0.2) is 0 Å². The van der Waals surface area contributed by atoms with Gasteiger partial charge in [0.1, 0.15) is 12.4 Å². The van der Waals surface area contributed by atoms with Gasteiger partial charge in [0.2, 0.25) is 10.0 Å². The predicted molar refractivity (Wildman–Crippen MR) is 118 cm³/mol. The van der Waals surface area contributed by atoms with E-state index in [1.807, 2.05) is 18.2 Å². The van der Waals surface area contributed by atoms with E-state index in [9.17, 15) is 13.2 Å². The standard InChI is InChI=1S/C21H30N4O4S/c1-4-25(5-2)14-15-29-20-9-7-6-8-19(20)24-21(26)23-16(3)17-10-12-18(13-11-17)30(22,27)28/h6-13,16H,4-5,14-15H2,1-3H3,(H2,22,27,28)(H2,23,24,26). The lowest BCUT2D eigenvalue weighted by Gasteiger charge is -2.19. The highest BCUT2D eigenvalue weighted by atomic mass is 32.2. The first-order valence-corrected chi connectivity index (χ1v) is 11.4. The average Bonchev–Trinajstić information content (AvgIpc) is 2.71. The fourth-order valence-corrected chi connectivity index (χ4v) is 3.42. The Morgan fingerprint density at radius 3 is 2.33 bits per heavy atom. The van der Waals surface area contributed by atoms with Crippen LogP contribution in [0, 0.1) is 0 Å². The molecular weight excluding hydrogens is 404 g/mol. The summed E-state index contributed by atoms with van der Waals surface area (Å²) in [5.74, 6) is 0.602. The lowest BCUT2D eigenvalue weighted by atomic mass is 10.1. The number of urea groups is 1. The summed E-state index contributed by atoms with van der Waals surface area (Å²) < 4.78 is 28.6. The zero-order valence-electron chi connectivity index (χ0n) is 17.6. The molecule has 0 fully saturated rings. The molecule has 0 saturated heterocycles. The Balaban J connectivity index is 1.96. The number of nitrogens with zero attached hydrogens (tertiary/aromatic N) is 1. The van der Waals surface area contributed by atoms with Crippen molar-refractivity contribution in [3.05, 3.63) is 54.1 Å². The molecule has 30 heavy (non-hydrogen) atoms. The molecule has 164 valence electrons. The minimum atomic E-state index is -3.75. The molecular formula is C21H30N4O4S. The molecule has 0 aliphatic carbocycles. The van der Waals surface area contributed by atoms with Crippen molar-refractivity contribution in [3.63, 3.8) is 0 Å². The Morgan fingerprint density at radius 1 is 1.10 bits per heavy atom. The Bertz CT molecular complexity index is 928. The third-order valence-corrected chi connectivity index (χ3v) is 5.68. The molecule has 0 heterocycles. The molecule has 0 aromatic heterocycles. The van der Waals surface area contributed by atoms with Crippen LogP contribution >= 0.6 is 0 Å². The van der Waals surface area contributed by atoms with Crippen molar-refractivity contribution < 1.29 is 17.9 Å². The number of benzene rings is 2. The maximum absolute atomic E-state index is 12.4. The summed E-state index contributed by atoms with van der Waals surface area (Å²) in [4.78, 5) is 14.7. The van der Waals surface area contributed by atoms with Crippen LogP contribution in [0.3, 0.4) is 0 Å². The fraction of sp³-hybridized carbons (Fsp3) is 0.381. The quantitative estimate of drug-likeness (QED) is 0.532. The van der Waals surface area contributed by atoms with Crippen molar-refractivity contribution in [1.29, 1.82) is 0 Å². The van der Waals surface area contributed by atoms with E-state index in [0.717, 1.165) is 25.2 Å². The van der Waals surface area contributed by atoms with Crippen LogP contribution in [0.5, 0.6) is 5.75 Å². The summed E-state index contributed by atoms with van der Waals surface area (Å²) in [6.07, 6.45) is 0. The highest BCUT2D eigenvalue weighted by Crippen LogP contribution is 2.24. The van der Waals surface area contributed by atoms with Crippen LogP contribution in [0.25, 0.3) is 0 Å². The van der Waals surface area contributed by atoms with Crippen LogP contribution in [0.15, 0.2) is 53.4 Å². The van der Waals surface area contributed by atoms with Crippen molar-refractivity contribution in [2.75, 3.05) is 31.6 Å². The molecule has 0 spiro atoms. The van der Waals surface area contributed by atoms with E-state index in [0.29, 0.717) is 18.0 Å². The number of sulfonamides is 1. The number of ether oxygens (including phenoxy) is 1. The summed E-state index contributed by atoms with van der Waals surface area (Å²) in [5, 5.41) is 10.7. The van der Waals surface area contributed by atoms with Crippen molar-refractivity contribution in [2.45, 2.75) is 31.7 Å². The molecule has 1 unspecified atom stereocenters. The maximum Gasteiger partial charge on any atom is 0.319 e. The number of primary sulfonamides is 1. The van der Waals surface area contributed by atoms with Gasteiger partial charge < -0.3 is 20.3 Å². The molecule has 0 bridgehead atoms. The summed E-state index contributed by atoms with van der Waals surface area (Å²) in [7, 11) is -3.75. The second kappa shape index (κ2) is 11.0. The Hall–Kier alpha value is -2.62. The van der Waals surface area contributed by atoms with E-state index in [1.54, 1.807) is 25.1 Å². The van der Waals surface area contributed by atoms with Gasteiger partial charge in [-0.25, -0.2) is 18.4 Å². The number of rotatable bonds is 10. The van der Waals surface area contributed by atoms with Crippen molar-refractivity contribution in [2.24, 2.45) is 5.14 Å². The number of carbonyl (C=O) groups excluding carboxylic acids is 1. The molecule has 0 radical (unpaired) electrons. The lowest BCUT2D eigenvalue weighted by Crippen LogP contribution is -2.31. The summed E-state index contributed by atoms with van der Waals surface area (Å²) in [6, 6.07) is 12.6. The van der Waals surface area contributed by atoms with Gasteiger partial charge in [-0.15, -0.1) is 0 Å². The molecule has 2 rings (SSSR count). The van der Waals surface area contributed by atoms with E-state index in [1.165, 1.54) is 12.1 Å². The number of para-hydroxylation sites is 2. The Morgan fingerprint density at radius 2 is 1.73 bits per heavy atom. The molecule has 2 aromatic rings. The van der Waals surface area contributed by atoms with Crippen molar-refractivity contribution >= 4 is 21.7 Å². The number of nitrogens with two attached hydrogens (primary N) is 1. The molecule has 2 amide bonds. The molecule has 8 nitrogen and oxygen atoms in total. The van der Waals surface area contributed by atoms with Crippen LogP contribution in [0.4, 0.5) is 10.5 Å². The van der Waals surface area contributed by atoms with Gasteiger partial charge in [-0.2, -0.15) is 0 Å². The van der Waals surface area contributed by atoms with E-state index < -0.39 is 16.1 Å². The molecule has 4 N–H and O–H groups in total. The second-order valence-electron chi connectivity index (χ2n) is 6.81. The number of anilines is 1. The van der Waals surface area contributed by atoms with Gasteiger partial charge in [0.25, 0.3) is 0 Å². The number of carbonyl (C=O) groups is 1. The fourth-order valence-electron chi connectivity index (χ4n) is 2.90. The SMILES string of the molecule is CCN(CC)CCOc1ccccc1NC(=O)NC(C)c1ccc(S(N)(=O)=O)cc1. The zero-order valence-corrected chi connectivity index (χ0v) is 18.4. The van der Waals surface area contributed by atoms with Gasteiger partial charge in [0, 0.05) is 6.54 Å². The minimum absolute atomic E-state index is 0.0266. The van der Waals surface area contributed by atoms with Crippen LogP contribution in [-0.4, -0.2) is 45.6 Å². The van der Waals surface area contributed by atoms with Crippen LogP contribution in [0.2, 0.25) is 0 Å². The lowest BCUT2D eigenvalue weighted by molar-refractivity contribution is 0.223. The molecule has 1 atom stereocenters. The van der Waals surface area contributed by atoms with E-state index in [4.69, 9.17) is 9.88 Å². The predicted octanol–water partition coefficient (Wildman–Crippen LogP) is 2.94. The molecule has 0 aliphatic rings. The highest BCUT2D eigenvalue weighted by molar-refractivity contribution is 7.89. The summed E-state index contributed by atoms with van der Waals surface area (Å²) >= 11 is 0. The molecule has 0 saturated carbocycles. The molecule has 0 aliphatic heterocycles. The van der Waals surface area contributed by atoms with Gasteiger partial charge in [-0.3, -0.25) is 0 Å². The highest BCUT2D eigenvalue weighted by Gasteiger charge is 2.14. The number of amides is 2. The molecule has 9 heteroatoms. The van der Waals surface area contributed by atoms with E-state index in [2.05, 4.69) is 29.4 Å². The van der Waals surface area contributed by atoms with Crippen molar-refractivity contribution in [3.8, 4) is 5.75 Å². The second-order valence-corrected chi connectivity index (χ2v) is 8.37. The first-order chi connectivity index (χ1) is 14.2. The van der Waals surface area contributed by atoms with Gasteiger partial charge >= 0.3 is 6.03 Å². The summed E-state index contributed by atoms with van der Waals surface area (Å²) in [6.45, 7) is 9.25. The van der Waals surface area contributed by atoms with Gasteiger partial charge in [-0.05, 0) is 49.8 Å². The first kappa shape index (κ1) is 23.7. The zero-order chi connectivity index (χ0) is 22.1. The number of nitrogens with one attached hydrogen (secondary N) is 2. The van der Waals surface area contributed by atoms with Crippen LogP contribution in [0.1, 0.15) is 32.4 Å². The average molecular weight is 435 g/mol. The van der Waals surface area contributed by atoms with Crippen LogP contribution < -0.4 is 20.5 Å². The largest absolute Gasteiger partial charge is 0.490 e. The molecule has 2 aromatic carbocycles. The van der Waals surface area contributed by atoms with Gasteiger partial charge in [-0.1, -0.05) is 38.1 Å². The number of hydrogen-bond donors (Lipinski definition) is 3. The first-order valence-electron chi connectivity index (χ1n) is 9.89. The van der Waals surface area contributed by atoms with E-state index in [-0.39, 0.29) is 10.9 Å². The Kier molecular flexibility index (Phi) is 8.64. The topological polar surface area (TPSA) is 114 Å². The monoisotopic (exact) mass is 434 g/mol. The minimum Gasteiger partial charge on any atom is -0.490 e. The number of hydrogen-bond acceptors (Lipinski definition) is 5. The Labute approximate surface area is 178 Å². The maximum atomic E-state index is 12.4. The number of likely N-dealkylation sites (N-methyl/N-ethyl adjacent to an activating group) is 1. The third kappa shape index (κ3) is 7.01. The van der Waals surface area contributed by atoms with E-state index >= 15 is 0 Å². The summed E-state index contributed by atoms with van der Waals surface area (Å²) in [5.41, 5.74) is 1.33. The normalized spacial score (nSPS) is 12.4. The van der Waals surface area contributed by atoms with Crippen LogP contribution in [-0.2, 0) is 10.0 Å². The smallest absolute Gasteiger partial charge is 0.319 e. The van der Waals surface area contributed by atoms with Gasteiger partial charge in [0.05, 0.1) is 16.6 Å².